The third-order valence-corrected chi connectivity index (χ3v) is 12.8. The molecule has 0 fully saturated rings. The smallest absolute Gasteiger partial charge is 0.0839 e. The number of hydrogen-bond acceptors (Lipinski definition) is 1. The molecule has 0 aliphatic carbocycles. The van der Waals surface area contributed by atoms with E-state index < -0.39 is 0 Å². The highest BCUT2D eigenvalue weighted by molar-refractivity contribution is 5.87. The van der Waals surface area contributed by atoms with Gasteiger partial charge in [0.2, 0.25) is 0 Å². The number of unbranched alkanes of at least 4 members (excludes halogenated alkanes) is 28. The Labute approximate surface area is 352 Å². The minimum absolute atomic E-state index is 0.0957. The van der Waals surface area contributed by atoms with E-state index in [4.69, 9.17) is 4.74 Å². The van der Waals surface area contributed by atoms with E-state index in [0.717, 1.165) is 12.8 Å². The molecule has 0 saturated heterocycles. The van der Waals surface area contributed by atoms with Crippen LogP contribution in [0.15, 0.2) is 84.9 Å². The first kappa shape index (κ1) is 47.0. The molecule has 0 aliphatic rings. The van der Waals surface area contributed by atoms with Crippen molar-refractivity contribution in [3.63, 3.8) is 0 Å². The fourth-order valence-corrected chi connectivity index (χ4v) is 9.26. The topological polar surface area (TPSA) is 9.23 Å². The van der Waals surface area contributed by atoms with Crippen molar-refractivity contribution in [1.29, 1.82) is 0 Å². The van der Waals surface area contributed by atoms with Crippen LogP contribution in [0.2, 0.25) is 0 Å². The first-order valence-corrected chi connectivity index (χ1v) is 24.9. The Kier molecular flexibility index (Phi) is 25.8. The van der Waals surface area contributed by atoms with Crippen molar-refractivity contribution >= 4 is 21.5 Å². The number of ether oxygens (including phenoxy) is 1. The first-order valence-electron chi connectivity index (χ1n) is 24.9. The maximum Gasteiger partial charge on any atom is 0.0839 e. The van der Waals surface area contributed by atoms with Gasteiger partial charge in [-0.2, -0.15) is 0 Å². The van der Waals surface area contributed by atoms with Gasteiger partial charge in [-0.05, 0) is 45.5 Å². The van der Waals surface area contributed by atoms with Gasteiger partial charge in [0.15, 0.2) is 0 Å². The molecular formula is C56H86O. The maximum absolute atomic E-state index is 7.48. The van der Waals surface area contributed by atoms with Crippen LogP contribution in [0.25, 0.3) is 21.5 Å². The molecule has 0 spiro atoms. The predicted molar refractivity (Wildman–Crippen MR) is 254 cm³/mol. The highest BCUT2D eigenvalue weighted by Gasteiger charge is 2.23. The van der Waals surface area contributed by atoms with Gasteiger partial charge >= 0.3 is 0 Å². The third-order valence-electron chi connectivity index (χ3n) is 12.8. The average Bonchev–Trinajstić information content (AvgIpc) is 3.25. The zero-order valence-corrected chi connectivity index (χ0v) is 37.3. The molecule has 0 heterocycles. The molecule has 4 aromatic carbocycles. The second kappa shape index (κ2) is 31.3. The lowest BCUT2D eigenvalue weighted by molar-refractivity contribution is -0.0249. The molecule has 1 heteroatoms. The summed E-state index contributed by atoms with van der Waals surface area (Å²) in [5, 5.41) is 5.36. The van der Waals surface area contributed by atoms with E-state index in [1.807, 2.05) is 0 Å². The molecule has 0 bridgehead atoms. The molecule has 0 saturated carbocycles. The number of hydrogen-bond donors (Lipinski definition) is 0. The van der Waals surface area contributed by atoms with E-state index >= 15 is 0 Å². The molecule has 0 amide bonds. The van der Waals surface area contributed by atoms with Gasteiger partial charge in [-0.15, -0.1) is 0 Å². The van der Waals surface area contributed by atoms with Crippen LogP contribution in [-0.2, 0) is 4.74 Å². The SMILES string of the molecule is CCCCCCCCCCCCCCCCCC(OC(CCCCCCCCCCCCCCCCC)c1cccc2ccccc12)c1cccc2ccccc12. The van der Waals surface area contributed by atoms with E-state index in [9.17, 15) is 0 Å². The lowest BCUT2D eigenvalue weighted by atomic mass is 9.94. The second-order valence-corrected chi connectivity index (χ2v) is 17.7. The quantitative estimate of drug-likeness (QED) is 0.0418. The van der Waals surface area contributed by atoms with Gasteiger partial charge in [-0.1, -0.05) is 291 Å². The second-order valence-electron chi connectivity index (χ2n) is 17.7. The molecule has 0 N–H and O–H groups in total. The number of benzene rings is 4. The van der Waals surface area contributed by atoms with Gasteiger partial charge in [0.05, 0.1) is 12.2 Å². The van der Waals surface area contributed by atoms with E-state index in [1.165, 1.54) is 225 Å². The van der Waals surface area contributed by atoms with Gasteiger partial charge in [-0.25, -0.2) is 0 Å². The highest BCUT2D eigenvalue weighted by atomic mass is 16.5. The molecule has 4 aromatic rings. The van der Waals surface area contributed by atoms with Gasteiger partial charge in [-0.3, -0.25) is 0 Å². The maximum atomic E-state index is 7.48. The number of rotatable bonds is 36. The van der Waals surface area contributed by atoms with Crippen LogP contribution in [0.5, 0.6) is 0 Å². The minimum Gasteiger partial charge on any atom is -0.366 e. The van der Waals surface area contributed by atoms with Crippen LogP contribution in [-0.4, -0.2) is 0 Å². The number of fused-ring (bicyclic) bond motifs is 2. The largest absolute Gasteiger partial charge is 0.366 e. The van der Waals surface area contributed by atoms with Crippen molar-refractivity contribution in [2.45, 2.75) is 232 Å². The zero-order valence-electron chi connectivity index (χ0n) is 37.3. The summed E-state index contributed by atoms with van der Waals surface area (Å²) >= 11 is 0. The molecule has 316 valence electrons. The van der Waals surface area contributed by atoms with Gasteiger partial charge in [0.1, 0.15) is 0 Å². The van der Waals surface area contributed by atoms with Crippen LogP contribution in [0.1, 0.15) is 243 Å². The summed E-state index contributed by atoms with van der Waals surface area (Å²) in [4.78, 5) is 0. The Morgan fingerprint density at radius 2 is 0.561 bits per heavy atom. The average molecular weight is 775 g/mol. The van der Waals surface area contributed by atoms with Crippen LogP contribution in [0, 0.1) is 0 Å². The van der Waals surface area contributed by atoms with E-state index in [0.29, 0.717) is 0 Å². The molecule has 2 unspecified atom stereocenters. The lowest BCUT2D eigenvalue weighted by Crippen LogP contribution is -2.12. The Morgan fingerprint density at radius 3 is 0.877 bits per heavy atom. The fraction of sp³-hybridized carbons (Fsp3) is 0.643. The third kappa shape index (κ3) is 19.3. The van der Waals surface area contributed by atoms with Crippen molar-refractivity contribution < 1.29 is 4.74 Å². The molecular weight excluding hydrogens is 689 g/mol. The Hall–Kier alpha value is -2.64. The normalized spacial score (nSPS) is 12.8. The van der Waals surface area contributed by atoms with E-state index in [-0.39, 0.29) is 12.2 Å². The molecule has 4 rings (SSSR count). The summed E-state index contributed by atoms with van der Waals surface area (Å²) in [6, 6.07) is 31.7. The monoisotopic (exact) mass is 775 g/mol. The van der Waals surface area contributed by atoms with Crippen LogP contribution >= 0.6 is 0 Å². The molecule has 1 nitrogen and oxygen atoms in total. The molecule has 2 atom stereocenters. The summed E-state index contributed by atoms with van der Waals surface area (Å²) in [6.07, 6.45) is 44.3. The highest BCUT2D eigenvalue weighted by Crippen LogP contribution is 2.39. The van der Waals surface area contributed by atoms with E-state index in [1.54, 1.807) is 0 Å². The van der Waals surface area contributed by atoms with Crippen LogP contribution in [0.4, 0.5) is 0 Å². The Balaban J connectivity index is 1.27. The van der Waals surface area contributed by atoms with Crippen LogP contribution < -0.4 is 0 Å². The summed E-state index contributed by atoms with van der Waals surface area (Å²) in [6.45, 7) is 4.62. The summed E-state index contributed by atoms with van der Waals surface area (Å²) in [7, 11) is 0. The molecule has 0 aromatic heterocycles. The van der Waals surface area contributed by atoms with Crippen LogP contribution in [0.3, 0.4) is 0 Å². The van der Waals surface area contributed by atoms with E-state index in [2.05, 4.69) is 98.8 Å². The van der Waals surface area contributed by atoms with Gasteiger partial charge < -0.3 is 4.74 Å². The zero-order chi connectivity index (χ0) is 39.9. The Morgan fingerprint density at radius 1 is 0.298 bits per heavy atom. The fourth-order valence-electron chi connectivity index (χ4n) is 9.26. The first-order chi connectivity index (χ1) is 28.3. The molecule has 0 radical (unpaired) electrons. The van der Waals surface area contributed by atoms with Crippen molar-refractivity contribution in [3.8, 4) is 0 Å². The van der Waals surface area contributed by atoms with Crippen molar-refractivity contribution in [1.82, 2.24) is 0 Å². The minimum atomic E-state index is 0.0957. The van der Waals surface area contributed by atoms with Gasteiger partial charge in [0, 0.05) is 0 Å². The Bertz CT molecular complexity index is 1410. The van der Waals surface area contributed by atoms with Crippen molar-refractivity contribution in [2.24, 2.45) is 0 Å². The van der Waals surface area contributed by atoms with Crippen molar-refractivity contribution in [2.75, 3.05) is 0 Å². The molecule has 57 heavy (non-hydrogen) atoms. The van der Waals surface area contributed by atoms with Gasteiger partial charge in [0.25, 0.3) is 0 Å². The standard InChI is InChI=1S/C56H86O/c1-3-5-7-9-11-13-15-17-19-21-23-25-27-29-31-47-55(53-45-37-41-49-39-33-35-43-51(49)53)57-56(54-46-38-42-50-40-34-36-44-52(50)54)48-32-30-28-26-24-22-20-18-16-14-12-10-8-6-4-2/h33-46,55-56H,3-32,47-48H2,1-2H3. The summed E-state index contributed by atoms with van der Waals surface area (Å²) < 4.78 is 7.48. The lowest BCUT2D eigenvalue weighted by Gasteiger charge is -2.28. The molecule has 0 aliphatic heterocycles. The van der Waals surface area contributed by atoms with Crippen molar-refractivity contribution in [3.05, 3.63) is 96.1 Å². The predicted octanol–water partition coefficient (Wildman–Crippen LogP) is 19.3. The summed E-state index contributed by atoms with van der Waals surface area (Å²) in [5.74, 6) is 0. The summed E-state index contributed by atoms with van der Waals surface area (Å²) in [5.41, 5.74) is 2.75.